The summed E-state index contributed by atoms with van der Waals surface area (Å²) in [5, 5.41) is 0. The summed E-state index contributed by atoms with van der Waals surface area (Å²) in [6.07, 6.45) is 9.10. The summed E-state index contributed by atoms with van der Waals surface area (Å²) in [4.78, 5) is 17.0. The van der Waals surface area contributed by atoms with Crippen LogP contribution in [-0.4, -0.2) is 36.5 Å². The van der Waals surface area contributed by atoms with Crippen LogP contribution in [0, 0.1) is 0 Å². The fourth-order valence-electron chi connectivity index (χ4n) is 3.29. The lowest BCUT2D eigenvalue weighted by Crippen LogP contribution is -2.35. The van der Waals surface area contributed by atoms with Gasteiger partial charge in [-0.1, -0.05) is 19.1 Å². The predicted molar refractivity (Wildman–Crippen MR) is 86.8 cm³/mol. The van der Waals surface area contributed by atoms with Crippen molar-refractivity contribution in [3.8, 4) is 0 Å². The highest BCUT2D eigenvalue weighted by Crippen LogP contribution is 2.22. The van der Waals surface area contributed by atoms with E-state index in [9.17, 15) is 4.79 Å². The van der Waals surface area contributed by atoms with Gasteiger partial charge in [0, 0.05) is 30.9 Å². The molecule has 1 aromatic rings. The maximum atomic E-state index is 12.6. The lowest BCUT2D eigenvalue weighted by Gasteiger charge is -2.29. The Morgan fingerprint density at radius 3 is 2.52 bits per heavy atom. The number of benzene rings is 1. The van der Waals surface area contributed by atoms with Gasteiger partial charge in [-0.3, -0.25) is 4.79 Å². The molecule has 21 heavy (non-hydrogen) atoms. The molecule has 1 atom stereocenters. The van der Waals surface area contributed by atoms with E-state index >= 15 is 0 Å². The summed E-state index contributed by atoms with van der Waals surface area (Å²) in [6, 6.07) is 8.43. The quantitative estimate of drug-likeness (QED) is 0.794. The van der Waals surface area contributed by atoms with Gasteiger partial charge in [-0.2, -0.15) is 0 Å². The van der Waals surface area contributed by atoms with Crippen molar-refractivity contribution in [1.82, 2.24) is 4.90 Å². The molecule has 0 saturated carbocycles. The van der Waals surface area contributed by atoms with Gasteiger partial charge in [0.15, 0.2) is 0 Å². The van der Waals surface area contributed by atoms with Crippen LogP contribution in [0.25, 0.3) is 0 Å². The molecule has 0 aromatic heterocycles. The molecular formula is C18H24N2O. The maximum Gasteiger partial charge on any atom is 0.254 e. The van der Waals surface area contributed by atoms with Crippen LogP contribution in [0.2, 0.25) is 0 Å². The molecule has 2 aliphatic rings. The SMILES string of the molecule is CCC1C=CCN1C(=O)c1ccc(N2CCCCC2)cc1. The molecule has 0 spiro atoms. The lowest BCUT2D eigenvalue weighted by atomic mass is 10.1. The Hall–Kier alpha value is -1.77. The van der Waals surface area contributed by atoms with Crippen molar-refractivity contribution in [1.29, 1.82) is 0 Å². The number of amides is 1. The van der Waals surface area contributed by atoms with Crippen LogP contribution >= 0.6 is 0 Å². The van der Waals surface area contributed by atoms with E-state index in [1.54, 1.807) is 0 Å². The van der Waals surface area contributed by atoms with E-state index < -0.39 is 0 Å². The Morgan fingerprint density at radius 1 is 1.14 bits per heavy atom. The minimum absolute atomic E-state index is 0.150. The third-order valence-corrected chi connectivity index (χ3v) is 4.58. The second-order valence-electron chi connectivity index (χ2n) is 5.96. The molecule has 2 heterocycles. The van der Waals surface area contributed by atoms with Gasteiger partial charge in [0.25, 0.3) is 5.91 Å². The molecule has 0 bridgehead atoms. The van der Waals surface area contributed by atoms with E-state index in [1.807, 2.05) is 17.0 Å². The van der Waals surface area contributed by atoms with Gasteiger partial charge in [-0.15, -0.1) is 0 Å². The Kier molecular flexibility index (Phi) is 4.28. The molecular weight excluding hydrogens is 260 g/mol. The van der Waals surface area contributed by atoms with E-state index in [-0.39, 0.29) is 11.9 Å². The van der Waals surface area contributed by atoms with Crippen molar-refractivity contribution in [3.05, 3.63) is 42.0 Å². The molecule has 3 heteroatoms. The van der Waals surface area contributed by atoms with E-state index in [1.165, 1.54) is 24.9 Å². The molecule has 3 rings (SSSR count). The van der Waals surface area contributed by atoms with Crippen LogP contribution in [0.1, 0.15) is 43.0 Å². The second kappa shape index (κ2) is 6.33. The van der Waals surface area contributed by atoms with E-state index in [0.717, 1.165) is 31.6 Å². The fraction of sp³-hybridized carbons (Fsp3) is 0.500. The number of rotatable bonds is 3. The first-order valence-electron chi connectivity index (χ1n) is 8.12. The van der Waals surface area contributed by atoms with Crippen LogP contribution in [0.4, 0.5) is 5.69 Å². The first kappa shape index (κ1) is 14.2. The number of anilines is 1. The number of nitrogens with zero attached hydrogens (tertiary/aromatic N) is 2. The predicted octanol–water partition coefficient (Wildman–Crippen LogP) is 3.47. The zero-order valence-electron chi connectivity index (χ0n) is 12.8. The summed E-state index contributed by atoms with van der Waals surface area (Å²) in [5.74, 6) is 0.150. The Balaban J connectivity index is 1.70. The van der Waals surface area contributed by atoms with Gasteiger partial charge >= 0.3 is 0 Å². The Labute approximate surface area is 127 Å². The molecule has 1 unspecified atom stereocenters. The van der Waals surface area contributed by atoms with Crippen LogP contribution in [-0.2, 0) is 0 Å². The largest absolute Gasteiger partial charge is 0.372 e. The summed E-state index contributed by atoms with van der Waals surface area (Å²) < 4.78 is 0. The zero-order chi connectivity index (χ0) is 14.7. The maximum absolute atomic E-state index is 12.6. The van der Waals surface area contributed by atoms with Crippen LogP contribution in [0.15, 0.2) is 36.4 Å². The van der Waals surface area contributed by atoms with Crippen LogP contribution < -0.4 is 4.90 Å². The topological polar surface area (TPSA) is 23.6 Å². The average Bonchev–Trinajstić information content (AvgIpc) is 3.04. The van der Waals surface area contributed by atoms with Crippen LogP contribution in [0.3, 0.4) is 0 Å². The summed E-state index contributed by atoms with van der Waals surface area (Å²) in [5.41, 5.74) is 2.05. The van der Waals surface area contributed by atoms with Gasteiger partial charge in [0.1, 0.15) is 0 Å². The van der Waals surface area contributed by atoms with Gasteiger partial charge in [-0.25, -0.2) is 0 Å². The van der Waals surface area contributed by atoms with Crippen LogP contribution in [0.5, 0.6) is 0 Å². The Bertz CT molecular complexity index is 515. The molecule has 1 amide bonds. The molecule has 112 valence electrons. The monoisotopic (exact) mass is 284 g/mol. The summed E-state index contributed by atoms with van der Waals surface area (Å²) in [6.45, 7) is 5.15. The molecule has 3 nitrogen and oxygen atoms in total. The number of piperidine rings is 1. The van der Waals surface area contributed by atoms with E-state index in [2.05, 4.69) is 36.1 Å². The molecule has 0 radical (unpaired) electrons. The summed E-state index contributed by atoms with van der Waals surface area (Å²) >= 11 is 0. The third-order valence-electron chi connectivity index (χ3n) is 4.58. The molecule has 2 aliphatic heterocycles. The number of carbonyl (C=O) groups is 1. The lowest BCUT2D eigenvalue weighted by molar-refractivity contribution is 0.0747. The zero-order valence-corrected chi connectivity index (χ0v) is 12.8. The molecule has 1 aromatic carbocycles. The molecule has 0 N–H and O–H groups in total. The highest BCUT2D eigenvalue weighted by Gasteiger charge is 2.24. The highest BCUT2D eigenvalue weighted by atomic mass is 16.2. The second-order valence-corrected chi connectivity index (χ2v) is 5.96. The van der Waals surface area contributed by atoms with Crippen molar-refractivity contribution in [2.75, 3.05) is 24.5 Å². The normalized spacial score (nSPS) is 21.9. The van der Waals surface area contributed by atoms with Crippen molar-refractivity contribution < 1.29 is 4.79 Å². The van der Waals surface area contributed by atoms with Gasteiger partial charge in [-0.05, 0) is 49.9 Å². The minimum Gasteiger partial charge on any atom is -0.372 e. The number of carbonyl (C=O) groups excluding carboxylic acids is 1. The first-order valence-corrected chi connectivity index (χ1v) is 8.12. The number of hydrogen-bond donors (Lipinski definition) is 0. The van der Waals surface area contributed by atoms with Gasteiger partial charge in [0.05, 0.1) is 6.04 Å². The smallest absolute Gasteiger partial charge is 0.254 e. The van der Waals surface area contributed by atoms with Gasteiger partial charge in [0.2, 0.25) is 0 Å². The van der Waals surface area contributed by atoms with Crippen molar-refractivity contribution in [2.24, 2.45) is 0 Å². The van der Waals surface area contributed by atoms with Crippen molar-refractivity contribution in [3.63, 3.8) is 0 Å². The summed E-state index contributed by atoms with van der Waals surface area (Å²) in [7, 11) is 0. The molecule has 1 fully saturated rings. The van der Waals surface area contributed by atoms with Gasteiger partial charge < -0.3 is 9.80 Å². The van der Waals surface area contributed by atoms with E-state index in [0.29, 0.717) is 0 Å². The number of hydrogen-bond acceptors (Lipinski definition) is 2. The standard InChI is InChI=1S/C18H24N2O/c1-2-16-7-6-14-20(16)18(21)15-8-10-17(11-9-15)19-12-4-3-5-13-19/h6-11,16H,2-5,12-14H2,1H3. The minimum atomic E-state index is 0.150. The van der Waals surface area contributed by atoms with Crippen molar-refractivity contribution in [2.45, 2.75) is 38.6 Å². The third kappa shape index (κ3) is 2.97. The molecule has 0 aliphatic carbocycles. The first-order chi connectivity index (χ1) is 10.3. The fourth-order valence-corrected chi connectivity index (χ4v) is 3.29. The average molecular weight is 284 g/mol. The van der Waals surface area contributed by atoms with E-state index in [4.69, 9.17) is 0 Å². The molecule has 1 saturated heterocycles. The van der Waals surface area contributed by atoms with Crippen molar-refractivity contribution >= 4 is 11.6 Å². The highest BCUT2D eigenvalue weighted by molar-refractivity contribution is 5.95. The Morgan fingerprint density at radius 2 is 1.86 bits per heavy atom.